The maximum atomic E-state index is 8.16. The average molecular weight is 635 g/mol. The molecule has 2 atom stereocenters. The fraction of sp³-hybridized carbons (Fsp3) is 0.692. The standard InChI is InChI=1S/2C12H19.C2H7Si.2ClH.Hf/c2*1-9(2)10-6-7-11(8-10)12(3,4)5;1-3-2;;;/h2*6-9H,1-5H3;3H,1-2H3;2*1H;/q;;;;;+2/p-2. The number of hydrogen-bond acceptors (Lipinski definition) is 0. The molecule has 2 aliphatic rings. The third-order valence-corrected chi connectivity index (χ3v) is 80.4. The number of rotatable bonds is 5. The van der Waals surface area contributed by atoms with Crippen LogP contribution in [-0.4, -0.2) is 5.98 Å². The molecule has 171 valence electrons. The first kappa shape index (κ1) is 26.9. The number of halogens is 2. The molecule has 2 unspecified atom stereocenters. The summed E-state index contributed by atoms with van der Waals surface area (Å²) >= 11 is -4.52. The van der Waals surface area contributed by atoms with Gasteiger partial charge in [-0.3, -0.25) is 0 Å². The molecule has 0 saturated carbocycles. The van der Waals surface area contributed by atoms with Gasteiger partial charge >= 0.3 is 197 Å². The molecule has 30 heavy (non-hydrogen) atoms. The van der Waals surface area contributed by atoms with E-state index in [4.69, 9.17) is 17.2 Å². The van der Waals surface area contributed by atoms with Gasteiger partial charge in [-0.05, 0) is 0 Å². The van der Waals surface area contributed by atoms with Crippen molar-refractivity contribution in [3.63, 3.8) is 0 Å². The van der Waals surface area contributed by atoms with Crippen LogP contribution in [0.2, 0.25) is 20.4 Å². The van der Waals surface area contributed by atoms with Gasteiger partial charge in [-0.1, -0.05) is 0 Å². The molecule has 0 spiro atoms. The van der Waals surface area contributed by atoms with Crippen molar-refractivity contribution in [1.82, 2.24) is 0 Å². The van der Waals surface area contributed by atoms with Crippen LogP contribution < -0.4 is 0 Å². The van der Waals surface area contributed by atoms with Crippen molar-refractivity contribution in [1.29, 1.82) is 0 Å². The molecule has 2 aliphatic carbocycles. The molecule has 0 N–H and O–H groups in total. The summed E-state index contributed by atoms with van der Waals surface area (Å²) in [7, 11) is 16.3. The van der Waals surface area contributed by atoms with E-state index in [2.05, 4.69) is 107 Å². The normalized spacial score (nSPS) is 24.8. The van der Waals surface area contributed by atoms with E-state index >= 15 is 0 Å². The van der Waals surface area contributed by atoms with Crippen LogP contribution >= 0.6 is 17.2 Å². The minimum absolute atomic E-state index is 0.0667. The fourth-order valence-corrected chi connectivity index (χ4v) is 45.5. The minimum atomic E-state index is -4.52. The molecule has 0 aliphatic heterocycles. The Hall–Kier alpha value is 0.627. The van der Waals surface area contributed by atoms with Gasteiger partial charge in [0, 0.05) is 0 Å². The molecule has 0 radical (unpaired) electrons. The second-order valence-corrected chi connectivity index (χ2v) is 72.3. The Morgan fingerprint density at radius 2 is 1.03 bits per heavy atom. The van der Waals surface area contributed by atoms with Gasteiger partial charge in [0.15, 0.2) is 0 Å². The van der Waals surface area contributed by atoms with E-state index in [1.807, 2.05) is 0 Å². The van der Waals surface area contributed by atoms with Crippen LogP contribution in [0.1, 0.15) is 69.2 Å². The molecular weight excluding hydrogens is 590 g/mol. The Balaban J connectivity index is 2.82. The predicted octanol–water partition coefficient (Wildman–Crippen LogP) is 9.68. The van der Waals surface area contributed by atoms with Crippen molar-refractivity contribution >= 4 is 23.1 Å². The third-order valence-electron chi connectivity index (χ3n) is 7.39. The SMILES string of the molecule is CC(C)C1=C[CH]([Hf]([Cl])([Cl])([CH]2C=C(C(C)C)C=C2C(C)(C)C)[SiH](C)C)C(C(C)(C)C)=C1. The van der Waals surface area contributed by atoms with Crippen LogP contribution in [-0.2, 0) is 15.3 Å². The average Bonchev–Trinajstić information content (AvgIpc) is 3.20. The molecular formula is C26H45Cl2HfSi. The number of hydrogen-bond donors (Lipinski definition) is 0. The van der Waals surface area contributed by atoms with Crippen molar-refractivity contribution in [3.8, 4) is 0 Å². The van der Waals surface area contributed by atoms with E-state index < -0.39 is 21.3 Å². The zero-order valence-corrected chi connectivity index (χ0v) is 27.7. The van der Waals surface area contributed by atoms with E-state index in [1.165, 1.54) is 22.3 Å². The fourth-order valence-electron chi connectivity index (χ4n) is 5.11. The van der Waals surface area contributed by atoms with Crippen molar-refractivity contribution in [2.75, 3.05) is 0 Å². The van der Waals surface area contributed by atoms with E-state index in [0.717, 1.165) is 0 Å². The summed E-state index contributed by atoms with van der Waals surface area (Å²) in [4.78, 5) is 0. The molecule has 0 heterocycles. The van der Waals surface area contributed by atoms with Crippen molar-refractivity contribution in [2.45, 2.75) is 89.7 Å². The summed E-state index contributed by atoms with van der Waals surface area (Å²) in [6.45, 7) is 28.0. The van der Waals surface area contributed by atoms with Gasteiger partial charge in [0.05, 0.1) is 0 Å². The van der Waals surface area contributed by atoms with E-state index in [-0.39, 0.29) is 18.2 Å². The molecule has 0 saturated heterocycles. The molecule has 2 rings (SSSR count). The van der Waals surface area contributed by atoms with E-state index in [1.54, 1.807) is 0 Å². The molecule has 4 heteroatoms. The third kappa shape index (κ3) is 4.64. The summed E-state index contributed by atoms with van der Waals surface area (Å²) in [6, 6.07) is 0. The number of allylic oxidation sites excluding steroid dienone is 8. The molecule has 0 nitrogen and oxygen atoms in total. The first-order chi connectivity index (χ1) is 13.3. The van der Waals surface area contributed by atoms with Gasteiger partial charge in [-0.25, -0.2) is 0 Å². The topological polar surface area (TPSA) is 0 Å². The second kappa shape index (κ2) is 8.44. The van der Waals surface area contributed by atoms with Gasteiger partial charge < -0.3 is 0 Å². The molecule has 0 aromatic carbocycles. The molecule has 0 aromatic rings. The summed E-state index contributed by atoms with van der Waals surface area (Å²) in [5.41, 5.74) is 5.95. The Morgan fingerprint density at radius 1 is 0.733 bits per heavy atom. The Labute approximate surface area is 196 Å². The van der Waals surface area contributed by atoms with Gasteiger partial charge in [-0.15, -0.1) is 0 Å². The van der Waals surface area contributed by atoms with Crippen molar-refractivity contribution < 1.29 is 15.3 Å². The summed E-state index contributed by atoms with van der Waals surface area (Å²) in [5.74, 6) is -0.383. The van der Waals surface area contributed by atoms with Crippen LogP contribution in [0, 0.1) is 22.7 Å². The Kier molecular flexibility index (Phi) is 7.56. The maximum absolute atomic E-state index is 8.16. The van der Waals surface area contributed by atoms with E-state index in [0.29, 0.717) is 11.8 Å². The zero-order valence-electron chi connectivity index (χ0n) is 21.5. The van der Waals surface area contributed by atoms with E-state index in [9.17, 15) is 0 Å². The van der Waals surface area contributed by atoms with Gasteiger partial charge in [-0.2, -0.15) is 0 Å². The first-order valence-electron chi connectivity index (χ1n) is 11.8. The summed E-state index contributed by atoms with van der Waals surface area (Å²) in [5, 5.41) is 0. The van der Waals surface area contributed by atoms with Crippen LogP contribution in [0.25, 0.3) is 0 Å². The van der Waals surface area contributed by atoms with Gasteiger partial charge in [0.2, 0.25) is 0 Å². The molecule has 0 bridgehead atoms. The summed E-state index contributed by atoms with van der Waals surface area (Å²) in [6.07, 6.45) is 9.93. The monoisotopic (exact) mass is 635 g/mol. The van der Waals surface area contributed by atoms with Crippen LogP contribution in [0.5, 0.6) is 0 Å². The van der Waals surface area contributed by atoms with Gasteiger partial charge in [0.1, 0.15) is 0 Å². The Bertz CT molecular complexity index is 749. The van der Waals surface area contributed by atoms with Crippen LogP contribution in [0.15, 0.2) is 46.6 Å². The predicted molar refractivity (Wildman–Crippen MR) is 139 cm³/mol. The summed E-state index contributed by atoms with van der Waals surface area (Å²) < 4.78 is 0.487. The second-order valence-electron chi connectivity index (χ2n) is 12.7. The zero-order chi connectivity index (χ0) is 23.5. The molecule has 0 aromatic heterocycles. The van der Waals surface area contributed by atoms with Crippen molar-refractivity contribution in [3.05, 3.63) is 46.6 Å². The molecule has 0 amide bonds. The van der Waals surface area contributed by atoms with Crippen molar-refractivity contribution in [2.24, 2.45) is 22.7 Å². The van der Waals surface area contributed by atoms with Crippen LogP contribution in [0.4, 0.5) is 0 Å². The quantitative estimate of drug-likeness (QED) is 0.264. The van der Waals surface area contributed by atoms with Gasteiger partial charge in [0.25, 0.3) is 0 Å². The molecule has 0 fully saturated rings. The first-order valence-corrected chi connectivity index (χ1v) is 33.9. The van der Waals surface area contributed by atoms with Crippen LogP contribution in [0.3, 0.4) is 0 Å². The Morgan fingerprint density at radius 3 is 1.23 bits per heavy atom.